The van der Waals surface area contributed by atoms with Crippen LogP contribution in [0.3, 0.4) is 0 Å². The summed E-state index contributed by atoms with van der Waals surface area (Å²) in [6, 6.07) is 19.8. The van der Waals surface area contributed by atoms with Crippen LogP contribution in [0, 0.1) is 6.92 Å². The van der Waals surface area contributed by atoms with E-state index in [4.69, 9.17) is 5.73 Å². The predicted molar refractivity (Wildman–Crippen MR) is 122 cm³/mol. The van der Waals surface area contributed by atoms with Crippen LogP contribution in [0.4, 0.5) is 22.0 Å². The molecule has 8 nitrogen and oxygen atoms in total. The van der Waals surface area contributed by atoms with Crippen LogP contribution in [0.25, 0.3) is 10.9 Å². The largest absolute Gasteiger partial charge is 0.382 e. The molecule has 3 amide bonds. The van der Waals surface area contributed by atoms with Gasteiger partial charge in [0.15, 0.2) is 5.82 Å². The smallest absolute Gasteiger partial charge is 0.319 e. The predicted octanol–water partition coefficient (Wildman–Crippen LogP) is 4.03. The summed E-state index contributed by atoms with van der Waals surface area (Å²) >= 11 is 0. The molecule has 1 aromatic heterocycles. The Bertz CT molecular complexity index is 1250. The fourth-order valence-electron chi connectivity index (χ4n) is 3.24. The van der Waals surface area contributed by atoms with Gasteiger partial charge in [0.1, 0.15) is 0 Å². The van der Waals surface area contributed by atoms with Crippen molar-refractivity contribution in [2.45, 2.75) is 13.5 Å². The van der Waals surface area contributed by atoms with E-state index in [1.165, 1.54) is 0 Å². The number of hydrogen-bond donors (Lipinski definition) is 5. The normalized spacial score (nSPS) is 10.6. The van der Waals surface area contributed by atoms with Gasteiger partial charge in [-0.3, -0.25) is 9.89 Å². The number of carbonyl (C=O) groups excluding carboxylic acids is 2. The Balaban J connectivity index is 1.40. The van der Waals surface area contributed by atoms with Gasteiger partial charge < -0.3 is 21.7 Å². The molecule has 0 aliphatic heterocycles. The zero-order valence-corrected chi connectivity index (χ0v) is 16.9. The standard InChI is InChI=1S/C23H22N6O2/c1-14-8-10-16(11-9-14)27-23(31)25-13-15-4-2-5-17(12-15)26-22(30)18-6-3-7-19-20(18)21(24)29-28-19/h2-12H,13H2,1H3,(H,26,30)(H3,24,28,29)(H2,25,27,31). The highest BCUT2D eigenvalue weighted by Crippen LogP contribution is 2.23. The van der Waals surface area contributed by atoms with E-state index in [-0.39, 0.29) is 17.8 Å². The number of amides is 3. The highest BCUT2D eigenvalue weighted by Gasteiger charge is 2.14. The molecule has 156 valence electrons. The second-order valence-corrected chi connectivity index (χ2v) is 7.17. The van der Waals surface area contributed by atoms with E-state index in [2.05, 4.69) is 26.1 Å². The van der Waals surface area contributed by atoms with Crippen molar-refractivity contribution < 1.29 is 9.59 Å². The summed E-state index contributed by atoms with van der Waals surface area (Å²) in [5, 5.41) is 15.8. The van der Waals surface area contributed by atoms with Gasteiger partial charge in [0.25, 0.3) is 5.91 Å². The molecule has 8 heteroatoms. The van der Waals surface area contributed by atoms with Crippen molar-refractivity contribution in [1.29, 1.82) is 0 Å². The number of nitrogens with two attached hydrogens (primary N) is 1. The van der Waals surface area contributed by atoms with E-state index in [1.54, 1.807) is 18.2 Å². The molecule has 0 aliphatic rings. The monoisotopic (exact) mass is 414 g/mol. The molecular weight excluding hydrogens is 392 g/mol. The van der Waals surface area contributed by atoms with E-state index < -0.39 is 0 Å². The Labute approximate surface area is 178 Å². The third kappa shape index (κ3) is 4.64. The molecule has 0 saturated carbocycles. The first-order valence-corrected chi connectivity index (χ1v) is 9.74. The second kappa shape index (κ2) is 8.58. The van der Waals surface area contributed by atoms with E-state index in [9.17, 15) is 9.59 Å². The number of carbonyl (C=O) groups is 2. The molecule has 0 saturated heterocycles. The lowest BCUT2D eigenvalue weighted by molar-refractivity contribution is 0.102. The molecule has 31 heavy (non-hydrogen) atoms. The maximum Gasteiger partial charge on any atom is 0.319 e. The van der Waals surface area contributed by atoms with Crippen LogP contribution >= 0.6 is 0 Å². The number of fused-ring (bicyclic) bond motifs is 1. The van der Waals surface area contributed by atoms with Crippen LogP contribution in [0.5, 0.6) is 0 Å². The first-order chi connectivity index (χ1) is 15.0. The molecule has 1 heterocycles. The Morgan fingerprint density at radius 2 is 1.74 bits per heavy atom. The van der Waals surface area contributed by atoms with Crippen molar-refractivity contribution in [2.75, 3.05) is 16.4 Å². The average molecular weight is 414 g/mol. The van der Waals surface area contributed by atoms with Gasteiger partial charge in [-0.1, -0.05) is 35.9 Å². The first-order valence-electron chi connectivity index (χ1n) is 9.74. The topological polar surface area (TPSA) is 125 Å². The number of urea groups is 1. The molecular formula is C23H22N6O2. The zero-order chi connectivity index (χ0) is 21.8. The number of nitrogens with one attached hydrogen (secondary N) is 4. The van der Waals surface area contributed by atoms with Gasteiger partial charge >= 0.3 is 6.03 Å². The lowest BCUT2D eigenvalue weighted by Crippen LogP contribution is -2.28. The first kappa shape index (κ1) is 20.0. The Hall–Kier alpha value is -4.33. The van der Waals surface area contributed by atoms with Gasteiger partial charge in [-0.05, 0) is 48.9 Å². The minimum atomic E-state index is -0.305. The van der Waals surface area contributed by atoms with Gasteiger partial charge in [0.2, 0.25) is 0 Å². The minimum Gasteiger partial charge on any atom is -0.382 e. The van der Waals surface area contributed by atoms with Crippen LogP contribution in [0.1, 0.15) is 21.5 Å². The summed E-state index contributed by atoms with van der Waals surface area (Å²) in [5.74, 6) is -0.0146. The third-order valence-corrected chi connectivity index (χ3v) is 4.81. The summed E-state index contributed by atoms with van der Waals surface area (Å²) in [6.45, 7) is 2.30. The molecule has 4 rings (SSSR count). The van der Waals surface area contributed by atoms with E-state index >= 15 is 0 Å². The quantitative estimate of drug-likeness (QED) is 0.338. The van der Waals surface area contributed by atoms with Gasteiger partial charge in [0, 0.05) is 17.9 Å². The summed E-state index contributed by atoms with van der Waals surface area (Å²) < 4.78 is 0. The van der Waals surface area contributed by atoms with Gasteiger partial charge in [-0.15, -0.1) is 0 Å². The number of aromatic nitrogens is 2. The molecule has 6 N–H and O–H groups in total. The number of aromatic amines is 1. The number of hydrogen-bond acceptors (Lipinski definition) is 4. The molecule has 0 unspecified atom stereocenters. The average Bonchev–Trinajstić information content (AvgIpc) is 3.15. The van der Waals surface area contributed by atoms with Crippen molar-refractivity contribution in [3.05, 3.63) is 83.4 Å². The van der Waals surface area contributed by atoms with Crippen LogP contribution in [-0.2, 0) is 6.54 Å². The molecule has 0 spiro atoms. The zero-order valence-electron chi connectivity index (χ0n) is 16.9. The molecule has 0 bridgehead atoms. The van der Waals surface area contributed by atoms with Crippen molar-refractivity contribution >= 4 is 40.0 Å². The maximum atomic E-state index is 12.8. The number of anilines is 3. The highest BCUT2D eigenvalue weighted by atomic mass is 16.2. The number of benzene rings is 3. The number of nitrogen functional groups attached to an aromatic ring is 1. The SMILES string of the molecule is Cc1ccc(NC(=O)NCc2cccc(NC(=O)c3cccc4[nH]nc(N)c34)c2)cc1. The third-order valence-electron chi connectivity index (χ3n) is 4.81. The number of aryl methyl sites for hydroxylation is 1. The van der Waals surface area contributed by atoms with Gasteiger partial charge in [0.05, 0.1) is 16.5 Å². The number of H-pyrrole nitrogens is 1. The fraction of sp³-hybridized carbons (Fsp3) is 0.0870. The molecule has 0 aliphatic carbocycles. The van der Waals surface area contributed by atoms with Crippen molar-refractivity contribution in [1.82, 2.24) is 15.5 Å². The van der Waals surface area contributed by atoms with Crippen LogP contribution in [-0.4, -0.2) is 22.1 Å². The molecule has 0 fully saturated rings. The van der Waals surface area contributed by atoms with Crippen molar-refractivity contribution in [3.63, 3.8) is 0 Å². The van der Waals surface area contributed by atoms with Crippen LogP contribution < -0.4 is 21.7 Å². The molecule has 4 aromatic rings. The number of rotatable bonds is 5. The number of nitrogens with zero attached hydrogens (tertiary/aromatic N) is 1. The second-order valence-electron chi connectivity index (χ2n) is 7.17. The Kier molecular flexibility index (Phi) is 5.53. The maximum absolute atomic E-state index is 12.8. The van der Waals surface area contributed by atoms with Crippen LogP contribution in [0.15, 0.2) is 66.7 Å². The van der Waals surface area contributed by atoms with Crippen LogP contribution in [0.2, 0.25) is 0 Å². The van der Waals surface area contributed by atoms with E-state index in [1.807, 2.05) is 55.5 Å². The molecule has 0 atom stereocenters. The lowest BCUT2D eigenvalue weighted by Gasteiger charge is -2.10. The molecule has 0 radical (unpaired) electrons. The van der Waals surface area contributed by atoms with Gasteiger partial charge in [-0.2, -0.15) is 5.10 Å². The summed E-state index contributed by atoms with van der Waals surface area (Å²) in [7, 11) is 0. The Morgan fingerprint density at radius 1 is 0.968 bits per heavy atom. The van der Waals surface area contributed by atoms with Crippen molar-refractivity contribution in [3.8, 4) is 0 Å². The minimum absolute atomic E-state index is 0.276. The molecule has 3 aromatic carbocycles. The van der Waals surface area contributed by atoms with E-state index in [0.717, 1.165) is 16.8 Å². The van der Waals surface area contributed by atoms with E-state index in [0.29, 0.717) is 28.7 Å². The van der Waals surface area contributed by atoms with Gasteiger partial charge in [-0.25, -0.2) is 4.79 Å². The Morgan fingerprint density at radius 3 is 2.55 bits per heavy atom. The fourth-order valence-corrected chi connectivity index (χ4v) is 3.24. The highest BCUT2D eigenvalue weighted by molar-refractivity contribution is 6.14. The summed E-state index contributed by atoms with van der Waals surface area (Å²) in [6.07, 6.45) is 0. The lowest BCUT2D eigenvalue weighted by atomic mass is 10.1. The van der Waals surface area contributed by atoms with Crippen molar-refractivity contribution in [2.24, 2.45) is 0 Å². The summed E-state index contributed by atoms with van der Waals surface area (Å²) in [4.78, 5) is 24.9. The summed E-state index contributed by atoms with van der Waals surface area (Å²) in [5.41, 5.74) is 10.3.